The van der Waals surface area contributed by atoms with E-state index in [9.17, 15) is 9.90 Å². The Hall–Kier alpha value is -3.11. The molecule has 2 aliphatic rings. The first-order valence-electron chi connectivity index (χ1n) is 10.1. The monoisotopic (exact) mass is 385 g/mol. The van der Waals surface area contributed by atoms with E-state index in [1.807, 2.05) is 60.7 Å². The lowest BCUT2D eigenvalue weighted by Crippen LogP contribution is -2.48. The van der Waals surface area contributed by atoms with E-state index in [1.165, 1.54) is 5.56 Å². The van der Waals surface area contributed by atoms with Gasteiger partial charge in [-0.3, -0.25) is 4.79 Å². The summed E-state index contributed by atoms with van der Waals surface area (Å²) >= 11 is 0. The van der Waals surface area contributed by atoms with Gasteiger partial charge in [-0.05, 0) is 36.1 Å². The Morgan fingerprint density at radius 2 is 1.52 bits per heavy atom. The van der Waals surface area contributed by atoms with Crippen molar-refractivity contribution in [1.82, 2.24) is 5.32 Å². The Morgan fingerprint density at radius 3 is 2.21 bits per heavy atom. The molecule has 0 bridgehead atoms. The Morgan fingerprint density at radius 1 is 0.931 bits per heavy atom. The molecule has 1 aliphatic heterocycles. The summed E-state index contributed by atoms with van der Waals surface area (Å²) in [5, 5.41) is 14.1. The number of hydrogen-bond acceptors (Lipinski definition) is 3. The summed E-state index contributed by atoms with van der Waals surface area (Å²) in [6, 6.07) is 23.5. The maximum Gasteiger partial charge on any atom is 0.232 e. The van der Waals surface area contributed by atoms with Gasteiger partial charge in [0.05, 0.1) is 11.5 Å². The van der Waals surface area contributed by atoms with Crippen molar-refractivity contribution in [3.8, 4) is 11.5 Å². The molecule has 4 nitrogen and oxygen atoms in total. The lowest BCUT2D eigenvalue weighted by molar-refractivity contribution is -0.123. The number of hydrogen-bond donors (Lipinski definition) is 2. The number of carbonyl (C=O) groups excluding carboxylic acids is 1. The van der Waals surface area contributed by atoms with Crippen LogP contribution in [0.1, 0.15) is 34.6 Å². The van der Waals surface area contributed by atoms with E-state index in [4.69, 9.17) is 4.74 Å². The van der Waals surface area contributed by atoms with Gasteiger partial charge in [-0.15, -0.1) is 0 Å². The topological polar surface area (TPSA) is 58.6 Å². The van der Waals surface area contributed by atoms with E-state index >= 15 is 0 Å². The number of benzene rings is 3. The third kappa shape index (κ3) is 3.30. The molecule has 0 radical (unpaired) electrons. The summed E-state index contributed by atoms with van der Waals surface area (Å²) < 4.78 is 5.98. The highest BCUT2D eigenvalue weighted by Gasteiger charge is 2.36. The standard InChI is InChI=1S/C25H23NO3/c27-24(26-16-25(28)14-13-17-7-1-2-8-18(17)15-25)23-19-9-3-5-11-21(19)29-22-12-6-4-10-20(22)23/h1-12,23,28H,13-16H2,(H,26,27). The van der Waals surface area contributed by atoms with Crippen LogP contribution in [0.15, 0.2) is 72.8 Å². The third-order valence-electron chi connectivity index (χ3n) is 6.03. The molecule has 0 saturated carbocycles. The summed E-state index contributed by atoms with van der Waals surface area (Å²) in [4.78, 5) is 13.3. The third-order valence-corrected chi connectivity index (χ3v) is 6.03. The SMILES string of the molecule is O=C(NCC1(O)CCc2ccccc2C1)C1c2ccccc2Oc2ccccc21. The quantitative estimate of drug-likeness (QED) is 0.718. The number of amides is 1. The molecule has 3 aromatic carbocycles. The van der Waals surface area contributed by atoms with Crippen LogP contribution >= 0.6 is 0 Å². The van der Waals surface area contributed by atoms with Gasteiger partial charge < -0.3 is 15.2 Å². The average molecular weight is 385 g/mol. The highest BCUT2D eigenvalue weighted by atomic mass is 16.5. The first kappa shape index (κ1) is 18.0. The molecule has 0 aromatic heterocycles. The van der Waals surface area contributed by atoms with Crippen molar-refractivity contribution < 1.29 is 14.6 Å². The number of rotatable bonds is 3. The van der Waals surface area contributed by atoms with E-state index in [0.717, 1.165) is 23.1 Å². The molecule has 29 heavy (non-hydrogen) atoms. The molecule has 2 N–H and O–H groups in total. The van der Waals surface area contributed by atoms with E-state index < -0.39 is 11.5 Å². The average Bonchev–Trinajstić information content (AvgIpc) is 2.76. The highest BCUT2D eigenvalue weighted by Crippen LogP contribution is 2.44. The molecular weight excluding hydrogens is 362 g/mol. The number of carbonyl (C=O) groups is 1. The van der Waals surface area contributed by atoms with Gasteiger partial charge in [-0.2, -0.15) is 0 Å². The van der Waals surface area contributed by atoms with Crippen LogP contribution in [0.25, 0.3) is 0 Å². The van der Waals surface area contributed by atoms with Crippen molar-refractivity contribution in [2.75, 3.05) is 6.54 Å². The van der Waals surface area contributed by atoms with Crippen LogP contribution in [-0.2, 0) is 17.6 Å². The number of para-hydroxylation sites is 2. The minimum absolute atomic E-state index is 0.111. The van der Waals surface area contributed by atoms with Crippen LogP contribution in [-0.4, -0.2) is 23.2 Å². The number of fused-ring (bicyclic) bond motifs is 3. The zero-order chi connectivity index (χ0) is 19.8. The number of nitrogens with one attached hydrogen (secondary N) is 1. The second-order valence-corrected chi connectivity index (χ2v) is 8.00. The highest BCUT2D eigenvalue weighted by molar-refractivity contribution is 5.89. The Balaban J connectivity index is 1.38. The van der Waals surface area contributed by atoms with E-state index in [2.05, 4.69) is 17.4 Å². The van der Waals surface area contributed by atoms with Crippen molar-refractivity contribution >= 4 is 5.91 Å². The van der Waals surface area contributed by atoms with Gasteiger partial charge >= 0.3 is 0 Å². The Labute approximate surface area is 170 Å². The molecule has 0 saturated heterocycles. The molecule has 0 fully saturated rings. The van der Waals surface area contributed by atoms with Crippen molar-refractivity contribution in [1.29, 1.82) is 0 Å². The lowest BCUT2D eigenvalue weighted by atomic mass is 9.80. The van der Waals surface area contributed by atoms with Gasteiger partial charge in [-0.25, -0.2) is 0 Å². The fraction of sp³-hybridized carbons (Fsp3) is 0.240. The van der Waals surface area contributed by atoms with Gasteiger partial charge in [-0.1, -0.05) is 60.7 Å². The lowest BCUT2D eigenvalue weighted by Gasteiger charge is -2.34. The van der Waals surface area contributed by atoms with Crippen LogP contribution < -0.4 is 10.1 Å². The molecule has 5 rings (SSSR count). The molecule has 1 heterocycles. The first-order chi connectivity index (χ1) is 14.1. The molecule has 1 aliphatic carbocycles. The number of ether oxygens (including phenoxy) is 1. The van der Waals surface area contributed by atoms with Crippen molar-refractivity contribution in [3.05, 3.63) is 95.1 Å². The summed E-state index contributed by atoms with van der Waals surface area (Å²) in [5.41, 5.74) is 3.23. The molecule has 1 amide bonds. The maximum absolute atomic E-state index is 13.3. The van der Waals surface area contributed by atoms with Crippen LogP contribution in [0.4, 0.5) is 0 Å². The molecule has 3 aromatic rings. The second kappa shape index (κ2) is 7.05. The minimum Gasteiger partial charge on any atom is -0.457 e. The van der Waals surface area contributed by atoms with Gasteiger partial charge in [0.1, 0.15) is 11.5 Å². The summed E-state index contributed by atoms with van der Waals surface area (Å²) in [7, 11) is 0. The summed E-state index contributed by atoms with van der Waals surface area (Å²) in [5.74, 6) is 0.851. The minimum atomic E-state index is -0.922. The predicted octanol–water partition coefficient (Wildman–Crippen LogP) is 3.96. The second-order valence-electron chi connectivity index (χ2n) is 8.00. The fourth-order valence-corrected chi connectivity index (χ4v) is 4.48. The van der Waals surface area contributed by atoms with Crippen LogP contribution in [0.3, 0.4) is 0 Å². The fourth-order valence-electron chi connectivity index (χ4n) is 4.48. The summed E-state index contributed by atoms with van der Waals surface area (Å²) in [6.07, 6.45) is 2.03. The Bertz CT molecular complexity index is 1030. The maximum atomic E-state index is 13.3. The molecule has 0 spiro atoms. The normalized spacial score (nSPS) is 20.0. The zero-order valence-corrected chi connectivity index (χ0v) is 16.1. The molecule has 146 valence electrons. The van der Waals surface area contributed by atoms with Crippen LogP contribution in [0.2, 0.25) is 0 Å². The van der Waals surface area contributed by atoms with Crippen LogP contribution in [0, 0.1) is 0 Å². The smallest absolute Gasteiger partial charge is 0.232 e. The largest absolute Gasteiger partial charge is 0.457 e. The van der Waals surface area contributed by atoms with Crippen molar-refractivity contribution in [3.63, 3.8) is 0 Å². The van der Waals surface area contributed by atoms with Gasteiger partial charge in [0.15, 0.2) is 0 Å². The molecular formula is C25H23NO3. The van der Waals surface area contributed by atoms with E-state index in [1.54, 1.807) is 0 Å². The first-order valence-corrected chi connectivity index (χ1v) is 10.1. The zero-order valence-electron chi connectivity index (χ0n) is 16.1. The van der Waals surface area contributed by atoms with E-state index in [0.29, 0.717) is 24.3 Å². The summed E-state index contributed by atoms with van der Waals surface area (Å²) in [6.45, 7) is 0.238. The van der Waals surface area contributed by atoms with Crippen molar-refractivity contribution in [2.45, 2.75) is 30.8 Å². The van der Waals surface area contributed by atoms with Crippen molar-refractivity contribution in [2.24, 2.45) is 0 Å². The van der Waals surface area contributed by atoms with E-state index in [-0.39, 0.29) is 12.5 Å². The van der Waals surface area contributed by atoms with Gasteiger partial charge in [0.25, 0.3) is 0 Å². The molecule has 4 heteroatoms. The van der Waals surface area contributed by atoms with Gasteiger partial charge in [0, 0.05) is 24.1 Å². The molecule has 1 atom stereocenters. The van der Waals surface area contributed by atoms with Crippen LogP contribution in [0.5, 0.6) is 11.5 Å². The number of aliphatic hydroxyl groups is 1. The predicted molar refractivity (Wildman–Crippen MR) is 111 cm³/mol. The van der Waals surface area contributed by atoms with Gasteiger partial charge in [0.2, 0.25) is 5.91 Å². The Kier molecular flexibility index (Phi) is 4.36. The number of aryl methyl sites for hydroxylation is 1. The molecule has 1 unspecified atom stereocenters.